The van der Waals surface area contributed by atoms with Gasteiger partial charge in [0.2, 0.25) is 0 Å². The molecular formula is C42H45N3O8. The van der Waals surface area contributed by atoms with Gasteiger partial charge in [0.25, 0.3) is 11.8 Å². The zero-order chi connectivity index (χ0) is 38.1. The van der Waals surface area contributed by atoms with E-state index in [2.05, 4.69) is 17.2 Å². The van der Waals surface area contributed by atoms with E-state index in [0.29, 0.717) is 5.75 Å². The molecule has 0 saturated carbocycles. The zero-order valence-electron chi connectivity index (χ0n) is 30.4. The number of nitrogens with zero attached hydrogens (tertiary/aromatic N) is 1. The van der Waals surface area contributed by atoms with E-state index < -0.39 is 40.6 Å². The first kappa shape index (κ1) is 38.3. The molecule has 1 unspecified atom stereocenters. The second-order valence-corrected chi connectivity index (χ2v) is 13.8. The number of carbonyl (C=O) groups excluding carboxylic acids is 4. The number of methoxy groups -OCH3 is 1. The number of fused-ring (bicyclic) bond motifs is 1. The Hall–Kier alpha value is -5.94. The number of nitrogens with one attached hydrogen (secondary N) is 2. The minimum Gasteiger partial charge on any atom is -0.497 e. The van der Waals surface area contributed by atoms with E-state index in [1.54, 1.807) is 52.1 Å². The third-order valence-electron chi connectivity index (χ3n) is 8.77. The topological polar surface area (TPSA) is 132 Å². The molecule has 11 nitrogen and oxygen atoms in total. The van der Waals surface area contributed by atoms with Crippen LogP contribution in [0.2, 0.25) is 0 Å². The molecule has 276 valence electrons. The van der Waals surface area contributed by atoms with Crippen LogP contribution in [0.15, 0.2) is 122 Å². The zero-order valence-corrected chi connectivity index (χ0v) is 30.4. The lowest BCUT2D eigenvalue weighted by Crippen LogP contribution is -2.56. The van der Waals surface area contributed by atoms with Crippen LogP contribution in [0, 0.1) is 5.41 Å². The van der Waals surface area contributed by atoms with Crippen LogP contribution < -0.4 is 15.4 Å². The molecule has 0 bridgehead atoms. The van der Waals surface area contributed by atoms with Crippen LogP contribution in [0.1, 0.15) is 58.2 Å². The second kappa shape index (κ2) is 16.6. The van der Waals surface area contributed by atoms with Gasteiger partial charge in [-0.25, -0.2) is 9.59 Å². The van der Waals surface area contributed by atoms with E-state index in [1.165, 1.54) is 6.08 Å². The van der Waals surface area contributed by atoms with E-state index in [-0.39, 0.29) is 44.0 Å². The van der Waals surface area contributed by atoms with Gasteiger partial charge in [0.1, 0.15) is 23.6 Å². The van der Waals surface area contributed by atoms with Crippen molar-refractivity contribution in [2.45, 2.75) is 32.0 Å². The highest BCUT2D eigenvalue weighted by molar-refractivity contribution is 6.21. The fourth-order valence-corrected chi connectivity index (χ4v) is 6.24. The maximum atomic E-state index is 13.8. The quantitative estimate of drug-likeness (QED) is 0.0786. The number of ether oxygens (including phenoxy) is 4. The average molecular weight is 720 g/mol. The van der Waals surface area contributed by atoms with Crippen molar-refractivity contribution in [1.82, 2.24) is 15.5 Å². The summed E-state index contributed by atoms with van der Waals surface area (Å²) in [7, 11) is 1.59. The lowest BCUT2D eigenvalue weighted by Gasteiger charge is -2.42. The standard InChI is InChI=1S/C42H45N3O8/c1-6-25-51-38(48)43-26-41(27-44-39(49)53-40(2,3)4,28-45-36(46)34-19-13-14-20-35(34)37(45)47)29-52-42(30-15-9-7-10-16-30,31-17-11-8-12-18-31)32-21-23-33(50-5)24-22-32/h6-24H,1,25-29H2,2-5H3,(H,43,48)(H,44,49). The first-order valence-electron chi connectivity index (χ1n) is 17.2. The molecule has 0 aliphatic carbocycles. The highest BCUT2D eigenvalue weighted by Crippen LogP contribution is 2.42. The molecule has 0 aromatic heterocycles. The number of amides is 4. The van der Waals surface area contributed by atoms with Gasteiger partial charge in [0.15, 0.2) is 0 Å². The van der Waals surface area contributed by atoms with Crippen LogP contribution in [0.4, 0.5) is 9.59 Å². The molecule has 0 saturated heterocycles. The van der Waals surface area contributed by atoms with Crippen molar-refractivity contribution in [3.8, 4) is 5.75 Å². The molecule has 1 aliphatic heterocycles. The predicted octanol–water partition coefficient (Wildman–Crippen LogP) is 6.72. The maximum Gasteiger partial charge on any atom is 0.407 e. The number of imide groups is 1. The van der Waals surface area contributed by atoms with E-state index >= 15 is 0 Å². The Morgan fingerprint density at radius 1 is 0.717 bits per heavy atom. The van der Waals surface area contributed by atoms with Gasteiger partial charge >= 0.3 is 12.2 Å². The van der Waals surface area contributed by atoms with Gasteiger partial charge in [-0.3, -0.25) is 14.5 Å². The van der Waals surface area contributed by atoms with Crippen LogP contribution >= 0.6 is 0 Å². The predicted molar refractivity (Wildman–Crippen MR) is 200 cm³/mol. The molecular weight excluding hydrogens is 674 g/mol. The Labute approximate surface area is 309 Å². The van der Waals surface area contributed by atoms with Gasteiger partial charge in [-0.2, -0.15) is 0 Å². The monoisotopic (exact) mass is 719 g/mol. The number of benzene rings is 4. The summed E-state index contributed by atoms with van der Waals surface area (Å²) in [5, 5.41) is 5.61. The van der Waals surface area contributed by atoms with Crippen molar-refractivity contribution in [3.05, 3.63) is 150 Å². The van der Waals surface area contributed by atoms with E-state index in [4.69, 9.17) is 18.9 Å². The van der Waals surface area contributed by atoms with Crippen molar-refractivity contribution < 1.29 is 38.1 Å². The molecule has 5 rings (SSSR count). The number of hydrogen-bond acceptors (Lipinski definition) is 8. The fourth-order valence-electron chi connectivity index (χ4n) is 6.24. The molecule has 4 amide bonds. The summed E-state index contributed by atoms with van der Waals surface area (Å²) in [4.78, 5) is 54.9. The third kappa shape index (κ3) is 8.93. The average Bonchev–Trinajstić information content (AvgIpc) is 3.40. The van der Waals surface area contributed by atoms with E-state index in [0.717, 1.165) is 21.6 Å². The van der Waals surface area contributed by atoms with Crippen LogP contribution in [-0.4, -0.2) is 74.5 Å². The molecule has 2 N–H and O–H groups in total. The highest BCUT2D eigenvalue weighted by atomic mass is 16.6. The summed E-state index contributed by atoms with van der Waals surface area (Å²) in [6.45, 7) is 7.95. The smallest absolute Gasteiger partial charge is 0.407 e. The maximum absolute atomic E-state index is 13.8. The molecule has 4 aromatic rings. The molecule has 1 aliphatic rings. The summed E-state index contributed by atoms with van der Waals surface area (Å²) < 4.78 is 23.5. The Kier molecular flexibility index (Phi) is 12.0. The summed E-state index contributed by atoms with van der Waals surface area (Å²) in [6.07, 6.45) is -0.0608. The number of rotatable bonds is 15. The molecule has 0 radical (unpaired) electrons. The fraction of sp³-hybridized carbons (Fsp3) is 0.286. The molecule has 0 spiro atoms. The SMILES string of the molecule is C=CCOC(=O)NCC(CNC(=O)OC(C)(C)C)(COC(c1ccccc1)(c1ccccc1)c1ccc(OC)cc1)CN1C(=O)c2ccccc2C1=O. The third-order valence-corrected chi connectivity index (χ3v) is 8.77. The summed E-state index contributed by atoms with van der Waals surface area (Å²) in [5.74, 6) is -0.365. The van der Waals surface area contributed by atoms with Gasteiger partial charge in [-0.05, 0) is 61.7 Å². The summed E-state index contributed by atoms with van der Waals surface area (Å²) in [5.41, 5.74) is -0.602. The Morgan fingerprint density at radius 3 is 1.70 bits per heavy atom. The van der Waals surface area contributed by atoms with Gasteiger partial charge in [0.05, 0.1) is 24.8 Å². The van der Waals surface area contributed by atoms with Crippen molar-refractivity contribution in [1.29, 1.82) is 0 Å². The molecule has 4 aromatic carbocycles. The number of hydrogen-bond donors (Lipinski definition) is 2. The molecule has 53 heavy (non-hydrogen) atoms. The summed E-state index contributed by atoms with van der Waals surface area (Å²) >= 11 is 0. The Balaban J connectivity index is 1.65. The van der Waals surface area contributed by atoms with Gasteiger partial charge < -0.3 is 29.6 Å². The minimum absolute atomic E-state index is 0.0491. The second-order valence-electron chi connectivity index (χ2n) is 13.8. The number of alkyl carbamates (subject to hydrolysis) is 2. The lowest BCUT2D eigenvalue weighted by molar-refractivity contribution is -0.0466. The van der Waals surface area contributed by atoms with Gasteiger partial charge in [-0.15, -0.1) is 0 Å². The van der Waals surface area contributed by atoms with E-state index in [9.17, 15) is 19.2 Å². The van der Waals surface area contributed by atoms with E-state index in [1.807, 2.05) is 84.9 Å². The molecule has 11 heteroatoms. The van der Waals surface area contributed by atoms with Gasteiger partial charge in [-0.1, -0.05) is 97.6 Å². The van der Waals surface area contributed by atoms with Crippen molar-refractivity contribution in [2.75, 3.05) is 40.0 Å². The number of carbonyl (C=O) groups is 4. The molecule has 0 fully saturated rings. The highest BCUT2D eigenvalue weighted by Gasteiger charge is 2.46. The van der Waals surface area contributed by atoms with Crippen molar-refractivity contribution in [3.63, 3.8) is 0 Å². The summed E-state index contributed by atoms with van der Waals surface area (Å²) in [6, 6.07) is 33.3. The van der Waals surface area contributed by atoms with Crippen molar-refractivity contribution in [2.24, 2.45) is 5.41 Å². The van der Waals surface area contributed by atoms with Crippen LogP contribution in [0.25, 0.3) is 0 Å². The van der Waals surface area contributed by atoms with Crippen molar-refractivity contribution >= 4 is 24.0 Å². The minimum atomic E-state index is -1.35. The molecule has 1 heterocycles. The first-order valence-corrected chi connectivity index (χ1v) is 17.2. The normalized spacial score (nSPS) is 13.8. The molecule has 1 atom stereocenters. The van der Waals surface area contributed by atoms with Gasteiger partial charge in [0, 0.05) is 25.0 Å². The first-order chi connectivity index (χ1) is 25.4. The Bertz CT molecular complexity index is 1830. The lowest BCUT2D eigenvalue weighted by atomic mass is 9.79. The van der Waals surface area contributed by atoms with Crippen LogP contribution in [-0.2, 0) is 19.8 Å². The Morgan fingerprint density at radius 2 is 1.21 bits per heavy atom. The largest absolute Gasteiger partial charge is 0.497 e. The van der Waals surface area contributed by atoms with Crippen LogP contribution in [0.5, 0.6) is 5.75 Å². The van der Waals surface area contributed by atoms with Crippen LogP contribution in [0.3, 0.4) is 0 Å².